The summed E-state index contributed by atoms with van der Waals surface area (Å²) in [5, 5.41) is 3.71. The van der Waals surface area contributed by atoms with Gasteiger partial charge in [0.05, 0.1) is 7.11 Å². The lowest BCUT2D eigenvalue weighted by Gasteiger charge is -2.30. The molecule has 0 bridgehead atoms. The van der Waals surface area contributed by atoms with E-state index in [4.69, 9.17) is 4.74 Å². The van der Waals surface area contributed by atoms with E-state index in [0.29, 0.717) is 6.04 Å². The van der Waals surface area contributed by atoms with Gasteiger partial charge < -0.3 is 10.1 Å². The largest absolute Gasteiger partial charge is 0.496 e. The summed E-state index contributed by atoms with van der Waals surface area (Å²) < 4.78 is 5.58. The molecule has 0 radical (unpaired) electrons. The van der Waals surface area contributed by atoms with Gasteiger partial charge >= 0.3 is 0 Å². The van der Waals surface area contributed by atoms with E-state index >= 15 is 0 Å². The summed E-state index contributed by atoms with van der Waals surface area (Å²) >= 11 is 0. The molecule has 112 valence electrons. The molecule has 0 saturated heterocycles. The lowest BCUT2D eigenvalue weighted by atomic mass is 9.82. The minimum absolute atomic E-state index is 0.439. The Morgan fingerprint density at radius 1 is 1.10 bits per heavy atom. The van der Waals surface area contributed by atoms with Gasteiger partial charge in [0.25, 0.3) is 0 Å². The molecule has 1 aromatic rings. The van der Waals surface area contributed by atoms with Gasteiger partial charge in [0, 0.05) is 11.6 Å². The molecule has 0 amide bonds. The summed E-state index contributed by atoms with van der Waals surface area (Å²) in [5.74, 6) is 1.77. The van der Waals surface area contributed by atoms with Crippen LogP contribution in [0.3, 0.4) is 0 Å². The standard InChI is InChI=1S/C18H29NO/c1-3-19-18(15-11-7-5-4-6-8-12-15)16-13-9-10-14-17(16)20-2/h9-10,13-15,18-19H,3-8,11-12H2,1-2H3. The van der Waals surface area contributed by atoms with E-state index in [1.807, 2.05) is 0 Å². The van der Waals surface area contributed by atoms with Crippen molar-refractivity contribution < 1.29 is 4.74 Å². The zero-order valence-corrected chi connectivity index (χ0v) is 13.0. The fourth-order valence-corrected chi connectivity index (χ4v) is 3.49. The molecule has 1 aliphatic rings. The Bertz CT molecular complexity index is 383. The Morgan fingerprint density at radius 3 is 2.40 bits per heavy atom. The average Bonchev–Trinajstić information content (AvgIpc) is 2.45. The molecule has 1 N–H and O–H groups in total. The second-order valence-corrected chi connectivity index (χ2v) is 5.88. The first kappa shape index (κ1) is 15.4. The molecule has 1 saturated carbocycles. The SMILES string of the molecule is CCNC(c1ccccc1OC)C1CCCCCCC1. The van der Waals surface area contributed by atoms with E-state index < -0.39 is 0 Å². The lowest BCUT2D eigenvalue weighted by Crippen LogP contribution is -2.29. The number of methoxy groups -OCH3 is 1. The highest BCUT2D eigenvalue weighted by atomic mass is 16.5. The van der Waals surface area contributed by atoms with Crippen molar-refractivity contribution >= 4 is 0 Å². The highest BCUT2D eigenvalue weighted by molar-refractivity contribution is 5.36. The van der Waals surface area contributed by atoms with Gasteiger partial charge in [-0.2, -0.15) is 0 Å². The van der Waals surface area contributed by atoms with E-state index in [0.717, 1.165) is 18.2 Å². The second kappa shape index (κ2) is 8.31. The van der Waals surface area contributed by atoms with Crippen molar-refractivity contribution in [3.63, 3.8) is 0 Å². The Hall–Kier alpha value is -1.02. The molecule has 1 aliphatic carbocycles. The van der Waals surface area contributed by atoms with Crippen LogP contribution in [0.2, 0.25) is 0 Å². The van der Waals surface area contributed by atoms with Gasteiger partial charge in [0.1, 0.15) is 5.75 Å². The van der Waals surface area contributed by atoms with Crippen molar-refractivity contribution in [1.29, 1.82) is 0 Å². The summed E-state index contributed by atoms with van der Waals surface area (Å²) in [6.07, 6.45) is 9.67. The van der Waals surface area contributed by atoms with E-state index in [1.54, 1.807) is 7.11 Å². The molecule has 1 unspecified atom stereocenters. The number of nitrogens with one attached hydrogen (secondary N) is 1. The minimum atomic E-state index is 0.439. The highest BCUT2D eigenvalue weighted by Crippen LogP contribution is 2.36. The van der Waals surface area contributed by atoms with Crippen LogP contribution in [0.15, 0.2) is 24.3 Å². The zero-order valence-electron chi connectivity index (χ0n) is 13.0. The van der Waals surface area contributed by atoms with Crippen LogP contribution in [-0.4, -0.2) is 13.7 Å². The molecule has 2 rings (SSSR count). The van der Waals surface area contributed by atoms with Crippen LogP contribution in [0.25, 0.3) is 0 Å². The first-order valence-electron chi connectivity index (χ1n) is 8.23. The van der Waals surface area contributed by atoms with E-state index in [1.165, 1.54) is 50.5 Å². The number of para-hydroxylation sites is 1. The Kier molecular flexibility index (Phi) is 6.38. The van der Waals surface area contributed by atoms with Crippen LogP contribution in [0.5, 0.6) is 5.75 Å². The molecule has 0 spiro atoms. The van der Waals surface area contributed by atoms with E-state index in [9.17, 15) is 0 Å². The number of rotatable bonds is 5. The maximum absolute atomic E-state index is 5.58. The Balaban J connectivity index is 2.19. The third kappa shape index (κ3) is 3.99. The van der Waals surface area contributed by atoms with Gasteiger partial charge in [-0.15, -0.1) is 0 Å². The van der Waals surface area contributed by atoms with Gasteiger partial charge in [-0.1, -0.05) is 57.2 Å². The van der Waals surface area contributed by atoms with Crippen LogP contribution >= 0.6 is 0 Å². The smallest absolute Gasteiger partial charge is 0.123 e. The van der Waals surface area contributed by atoms with Crippen molar-refractivity contribution in [3.05, 3.63) is 29.8 Å². The second-order valence-electron chi connectivity index (χ2n) is 5.88. The van der Waals surface area contributed by atoms with Gasteiger partial charge in [-0.3, -0.25) is 0 Å². The molecule has 2 heteroatoms. The molecule has 1 aromatic carbocycles. The lowest BCUT2D eigenvalue weighted by molar-refractivity contribution is 0.284. The van der Waals surface area contributed by atoms with Crippen LogP contribution in [0.4, 0.5) is 0 Å². The molecule has 0 aliphatic heterocycles. The van der Waals surface area contributed by atoms with Crippen molar-refractivity contribution in [2.75, 3.05) is 13.7 Å². The molecule has 1 atom stereocenters. The third-order valence-corrected chi connectivity index (χ3v) is 4.52. The fraction of sp³-hybridized carbons (Fsp3) is 0.667. The fourth-order valence-electron chi connectivity index (χ4n) is 3.49. The van der Waals surface area contributed by atoms with Gasteiger partial charge in [-0.25, -0.2) is 0 Å². The number of hydrogen-bond donors (Lipinski definition) is 1. The summed E-state index contributed by atoms with van der Waals surface area (Å²) in [6, 6.07) is 8.94. The van der Waals surface area contributed by atoms with Gasteiger partial charge in [0.15, 0.2) is 0 Å². The first-order chi connectivity index (χ1) is 9.86. The minimum Gasteiger partial charge on any atom is -0.496 e. The molecule has 20 heavy (non-hydrogen) atoms. The van der Waals surface area contributed by atoms with Crippen LogP contribution in [0.1, 0.15) is 63.5 Å². The van der Waals surface area contributed by atoms with Crippen molar-refractivity contribution in [2.24, 2.45) is 5.92 Å². The van der Waals surface area contributed by atoms with Crippen molar-refractivity contribution in [3.8, 4) is 5.75 Å². The predicted molar refractivity (Wildman–Crippen MR) is 85.2 cm³/mol. The summed E-state index contributed by atoms with van der Waals surface area (Å²) in [6.45, 7) is 3.21. The summed E-state index contributed by atoms with van der Waals surface area (Å²) in [7, 11) is 1.78. The molecule has 2 nitrogen and oxygen atoms in total. The number of ether oxygens (including phenoxy) is 1. The molecule has 0 heterocycles. The van der Waals surface area contributed by atoms with Crippen molar-refractivity contribution in [2.45, 2.75) is 57.9 Å². The summed E-state index contributed by atoms with van der Waals surface area (Å²) in [4.78, 5) is 0. The number of hydrogen-bond acceptors (Lipinski definition) is 2. The van der Waals surface area contributed by atoms with Gasteiger partial charge in [-0.05, 0) is 31.4 Å². The zero-order chi connectivity index (χ0) is 14.2. The monoisotopic (exact) mass is 275 g/mol. The van der Waals surface area contributed by atoms with Crippen LogP contribution in [-0.2, 0) is 0 Å². The Morgan fingerprint density at radius 2 is 1.75 bits per heavy atom. The first-order valence-corrected chi connectivity index (χ1v) is 8.23. The summed E-state index contributed by atoms with van der Waals surface area (Å²) in [5.41, 5.74) is 1.34. The maximum Gasteiger partial charge on any atom is 0.123 e. The molecular formula is C18H29NO. The normalized spacial score (nSPS) is 19.1. The van der Waals surface area contributed by atoms with Crippen LogP contribution < -0.4 is 10.1 Å². The number of benzene rings is 1. The average molecular weight is 275 g/mol. The quantitative estimate of drug-likeness (QED) is 0.840. The predicted octanol–water partition coefficient (Wildman–Crippen LogP) is 4.71. The topological polar surface area (TPSA) is 21.3 Å². The molecule has 1 fully saturated rings. The molecular weight excluding hydrogens is 246 g/mol. The highest BCUT2D eigenvalue weighted by Gasteiger charge is 2.25. The molecule has 0 aromatic heterocycles. The van der Waals surface area contributed by atoms with Crippen LogP contribution in [0, 0.1) is 5.92 Å². The maximum atomic E-state index is 5.58. The Labute approximate surface area is 123 Å². The van der Waals surface area contributed by atoms with Crippen molar-refractivity contribution in [1.82, 2.24) is 5.32 Å². The van der Waals surface area contributed by atoms with Gasteiger partial charge in [0.2, 0.25) is 0 Å². The van der Waals surface area contributed by atoms with E-state index in [2.05, 4.69) is 36.5 Å². The van der Waals surface area contributed by atoms with E-state index in [-0.39, 0.29) is 0 Å². The third-order valence-electron chi connectivity index (χ3n) is 4.52.